The van der Waals surface area contributed by atoms with Gasteiger partial charge in [-0.2, -0.15) is 0 Å². The van der Waals surface area contributed by atoms with Crippen molar-refractivity contribution in [2.45, 2.75) is 89.1 Å². The van der Waals surface area contributed by atoms with E-state index in [1.165, 1.54) is 0 Å². The third-order valence-corrected chi connectivity index (χ3v) is 5.72. The van der Waals surface area contributed by atoms with Gasteiger partial charge in [-0.15, -0.1) is 0 Å². The molecule has 0 amide bonds. The average molecular weight is 344 g/mol. The second kappa shape index (κ2) is 6.63. The number of aliphatic hydroxyl groups is 3. The highest BCUT2D eigenvalue weighted by atomic mass is 16.8. The number of hydrogen-bond donors (Lipinski definition) is 3. The van der Waals surface area contributed by atoms with Crippen molar-refractivity contribution in [2.75, 3.05) is 0 Å². The Morgan fingerprint density at radius 2 is 1.83 bits per heavy atom. The topological polar surface area (TPSA) is 105 Å². The van der Waals surface area contributed by atoms with Crippen LogP contribution in [0.15, 0.2) is 0 Å². The summed E-state index contributed by atoms with van der Waals surface area (Å²) in [6.45, 7) is 5.55. The molecular weight excluding hydrogens is 316 g/mol. The number of Topliss-reactive ketones (excluding diaryl/α,β-unsaturated/α-hetero) is 1. The Hall–Kier alpha value is -0.570. The first-order chi connectivity index (χ1) is 11.3. The number of ketones is 1. The summed E-state index contributed by atoms with van der Waals surface area (Å²) in [6, 6.07) is 0. The fourth-order valence-corrected chi connectivity index (χ4v) is 4.00. The smallest absolute Gasteiger partial charge is 0.280 e. The third kappa shape index (κ3) is 2.81. The van der Waals surface area contributed by atoms with Crippen LogP contribution in [0.4, 0.5) is 0 Å². The molecule has 3 fully saturated rings. The molecular formula is C17H28O7. The third-order valence-electron chi connectivity index (χ3n) is 5.72. The molecule has 7 heteroatoms. The van der Waals surface area contributed by atoms with E-state index in [-0.39, 0.29) is 18.4 Å². The van der Waals surface area contributed by atoms with Crippen molar-refractivity contribution in [2.24, 2.45) is 11.8 Å². The number of fused-ring (bicyclic) bond motifs is 2. The van der Waals surface area contributed by atoms with Crippen molar-refractivity contribution in [1.82, 2.24) is 0 Å². The Morgan fingerprint density at radius 3 is 2.50 bits per heavy atom. The summed E-state index contributed by atoms with van der Waals surface area (Å²) in [5.74, 6) is -3.42. The Bertz CT molecular complexity index is 484. The molecule has 3 rings (SSSR count). The summed E-state index contributed by atoms with van der Waals surface area (Å²) >= 11 is 0. The number of carbonyl (C=O) groups excluding carboxylic acids is 1. The highest BCUT2D eigenvalue weighted by Gasteiger charge is 2.62. The number of aliphatic hydroxyl groups excluding tert-OH is 2. The van der Waals surface area contributed by atoms with Crippen LogP contribution >= 0.6 is 0 Å². The van der Waals surface area contributed by atoms with E-state index < -0.39 is 48.2 Å². The minimum Gasteiger partial charge on any atom is -0.392 e. The molecule has 7 nitrogen and oxygen atoms in total. The number of hydrogen-bond acceptors (Lipinski definition) is 7. The minimum absolute atomic E-state index is 0.0731. The first kappa shape index (κ1) is 18.2. The normalized spacial score (nSPS) is 51.8. The number of rotatable bonds is 3. The average Bonchev–Trinajstić information content (AvgIpc) is 2.56. The predicted molar refractivity (Wildman–Crippen MR) is 82.8 cm³/mol. The largest absolute Gasteiger partial charge is 0.392 e. The summed E-state index contributed by atoms with van der Waals surface area (Å²) in [7, 11) is 0. The maximum Gasteiger partial charge on any atom is 0.280 e. The fraction of sp³-hybridized carbons (Fsp3) is 0.941. The maximum atomic E-state index is 12.5. The SMILES string of the molecule is CCCC[C@@H]1CC(=O)[C@]2(O)OC3C(OC2O1)[C@@H](O)[C@H](C)[C@H](O)[C@@H]3C. The molecule has 0 aromatic carbocycles. The van der Waals surface area contributed by atoms with Crippen molar-refractivity contribution < 1.29 is 34.3 Å². The van der Waals surface area contributed by atoms with Gasteiger partial charge in [0.15, 0.2) is 5.78 Å². The van der Waals surface area contributed by atoms with Crippen LogP contribution in [0.1, 0.15) is 46.5 Å². The van der Waals surface area contributed by atoms with Crippen LogP contribution in [0.5, 0.6) is 0 Å². The van der Waals surface area contributed by atoms with Crippen molar-refractivity contribution in [3.63, 3.8) is 0 Å². The highest BCUT2D eigenvalue weighted by molar-refractivity contribution is 5.87. The lowest BCUT2D eigenvalue weighted by Crippen LogP contribution is -2.72. The number of unbranched alkanes of at least 4 members (excludes halogenated alkanes) is 1. The molecule has 3 unspecified atom stereocenters. The van der Waals surface area contributed by atoms with Crippen molar-refractivity contribution in [1.29, 1.82) is 0 Å². The maximum absolute atomic E-state index is 12.5. The molecule has 24 heavy (non-hydrogen) atoms. The van der Waals surface area contributed by atoms with E-state index in [4.69, 9.17) is 14.2 Å². The molecule has 0 bridgehead atoms. The second-order valence-corrected chi connectivity index (χ2v) is 7.44. The molecule has 2 saturated heterocycles. The second-order valence-electron chi connectivity index (χ2n) is 7.44. The van der Waals surface area contributed by atoms with Gasteiger partial charge in [-0.05, 0) is 6.42 Å². The van der Waals surface area contributed by atoms with Crippen LogP contribution in [-0.2, 0) is 19.0 Å². The minimum atomic E-state index is -2.17. The van der Waals surface area contributed by atoms with Crippen LogP contribution in [0.3, 0.4) is 0 Å². The number of carbonyl (C=O) groups is 1. The fourth-order valence-electron chi connectivity index (χ4n) is 4.00. The van der Waals surface area contributed by atoms with E-state index in [2.05, 4.69) is 6.92 Å². The first-order valence-corrected chi connectivity index (χ1v) is 8.90. The van der Waals surface area contributed by atoms with E-state index >= 15 is 0 Å². The monoisotopic (exact) mass is 344 g/mol. The van der Waals surface area contributed by atoms with Gasteiger partial charge in [-0.1, -0.05) is 33.6 Å². The van der Waals surface area contributed by atoms with Gasteiger partial charge >= 0.3 is 0 Å². The van der Waals surface area contributed by atoms with E-state index in [9.17, 15) is 20.1 Å². The summed E-state index contributed by atoms with van der Waals surface area (Å²) in [5.41, 5.74) is 0. The van der Waals surface area contributed by atoms with Crippen LogP contribution in [0.25, 0.3) is 0 Å². The van der Waals surface area contributed by atoms with Crippen molar-refractivity contribution in [3.05, 3.63) is 0 Å². The molecule has 2 aliphatic heterocycles. The molecule has 3 aliphatic rings. The van der Waals surface area contributed by atoms with Crippen LogP contribution in [0.2, 0.25) is 0 Å². The van der Waals surface area contributed by atoms with E-state index in [1.54, 1.807) is 13.8 Å². The Labute approximate surface area is 141 Å². The van der Waals surface area contributed by atoms with E-state index in [0.29, 0.717) is 6.42 Å². The van der Waals surface area contributed by atoms with Gasteiger partial charge in [0.05, 0.1) is 24.4 Å². The van der Waals surface area contributed by atoms with Crippen molar-refractivity contribution in [3.8, 4) is 0 Å². The zero-order valence-corrected chi connectivity index (χ0v) is 14.4. The van der Waals surface area contributed by atoms with Gasteiger partial charge in [-0.3, -0.25) is 4.79 Å². The molecule has 0 aromatic heterocycles. The molecule has 2 heterocycles. The van der Waals surface area contributed by atoms with E-state index in [1.807, 2.05) is 0 Å². The lowest BCUT2D eigenvalue weighted by Gasteiger charge is -2.54. The first-order valence-electron chi connectivity index (χ1n) is 8.90. The van der Waals surface area contributed by atoms with Gasteiger partial charge in [-0.25, -0.2) is 0 Å². The zero-order chi connectivity index (χ0) is 17.6. The van der Waals surface area contributed by atoms with Gasteiger partial charge in [0.2, 0.25) is 6.29 Å². The molecule has 0 spiro atoms. The summed E-state index contributed by atoms with van der Waals surface area (Å²) in [4.78, 5) is 12.5. The van der Waals surface area contributed by atoms with Gasteiger partial charge < -0.3 is 29.5 Å². The van der Waals surface area contributed by atoms with Gasteiger partial charge in [0, 0.05) is 18.3 Å². The zero-order valence-electron chi connectivity index (χ0n) is 14.4. The number of ether oxygens (including phenoxy) is 3. The Morgan fingerprint density at radius 1 is 1.12 bits per heavy atom. The summed E-state index contributed by atoms with van der Waals surface area (Å²) < 4.78 is 17.3. The van der Waals surface area contributed by atoms with E-state index in [0.717, 1.165) is 12.8 Å². The molecule has 1 aliphatic carbocycles. The molecule has 0 radical (unpaired) electrons. The van der Waals surface area contributed by atoms with Crippen LogP contribution < -0.4 is 0 Å². The highest BCUT2D eigenvalue weighted by Crippen LogP contribution is 2.43. The molecule has 3 N–H and O–H groups in total. The lowest BCUT2D eigenvalue weighted by atomic mass is 9.74. The summed E-state index contributed by atoms with van der Waals surface area (Å²) in [6.07, 6.45) is -2.16. The van der Waals surface area contributed by atoms with Crippen LogP contribution in [0, 0.1) is 11.8 Å². The summed E-state index contributed by atoms with van der Waals surface area (Å²) in [5, 5.41) is 31.4. The quantitative estimate of drug-likeness (QED) is 0.678. The Kier molecular flexibility index (Phi) is 5.03. The molecule has 1 saturated carbocycles. The molecule has 138 valence electrons. The lowest BCUT2D eigenvalue weighted by molar-refractivity contribution is -0.426. The Balaban J connectivity index is 1.81. The van der Waals surface area contributed by atoms with Gasteiger partial charge in [0.1, 0.15) is 6.10 Å². The predicted octanol–water partition coefficient (Wildman–Crippen LogP) is 0.341. The standard InChI is InChI=1S/C17H28O7/c1-4-5-6-10-7-11(18)17(21)16(22-10)23-15-13(20)8(2)12(19)9(3)14(15)24-17/h8-10,12-16,19-21H,4-7H2,1-3H3/t8-,9+,10-,12+,13+,14?,15?,16?,17+/m1/s1. The van der Waals surface area contributed by atoms with Crippen molar-refractivity contribution >= 4 is 5.78 Å². The van der Waals surface area contributed by atoms with Gasteiger partial charge in [0.25, 0.3) is 5.79 Å². The molecule has 9 atom stereocenters. The van der Waals surface area contributed by atoms with Crippen LogP contribution in [-0.4, -0.2) is 63.7 Å². The molecule has 0 aromatic rings.